The molecular formula is C20H36O2S. The van der Waals surface area contributed by atoms with E-state index in [4.69, 9.17) is 9.47 Å². The molecule has 2 nitrogen and oxygen atoms in total. The van der Waals surface area contributed by atoms with Crippen molar-refractivity contribution in [2.45, 2.75) is 104 Å². The minimum atomic E-state index is 0.318. The highest BCUT2D eigenvalue weighted by atomic mass is 32.1. The fourth-order valence-corrected chi connectivity index (χ4v) is 3.40. The van der Waals surface area contributed by atoms with Crippen LogP contribution in [0, 0.1) is 0 Å². The maximum Gasteiger partial charge on any atom is 0.172 e. The van der Waals surface area contributed by atoms with E-state index in [1.807, 2.05) is 0 Å². The summed E-state index contributed by atoms with van der Waals surface area (Å²) in [6.07, 6.45) is 12.7. The van der Waals surface area contributed by atoms with Crippen LogP contribution in [0.5, 0.6) is 11.5 Å². The first-order chi connectivity index (χ1) is 11.2. The van der Waals surface area contributed by atoms with E-state index in [0.29, 0.717) is 12.2 Å². The van der Waals surface area contributed by atoms with Crippen LogP contribution >= 0.6 is 11.3 Å². The summed E-state index contributed by atoms with van der Waals surface area (Å²) in [5.41, 5.74) is 0. The van der Waals surface area contributed by atoms with Gasteiger partial charge in [0.1, 0.15) is 0 Å². The Bertz CT molecular complexity index is 354. The van der Waals surface area contributed by atoms with Gasteiger partial charge in [0.2, 0.25) is 0 Å². The summed E-state index contributed by atoms with van der Waals surface area (Å²) in [5.74, 6) is 1.90. The highest BCUT2D eigenvalue weighted by Crippen LogP contribution is 2.35. The molecule has 0 aliphatic rings. The van der Waals surface area contributed by atoms with Crippen LogP contribution in [0.3, 0.4) is 0 Å². The van der Waals surface area contributed by atoms with Crippen LogP contribution in [0.25, 0.3) is 0 Å². The summed E-state index contributed by atoms with van der Waals surface area (Å²) in [5, 5.41) is 4.19. The monoisotopic (exact) mass is 340 g/mol. The predicted molar refractivity (Wildman–Crippen MR) is 102 cm³/mol. The number of hydrogen-bond acceptors (Lipinski definition) is 3. The Hall–Kier alpha value is -0.700. The van der Waals surface area contributed by atoms with Gasteiger partial charge in [-0.3, -0.25) is 0 Å². The van der Waals surface area contributed by atoms with Crippen molar-refractivity contribution in [3.8, 4) is 11.5 Å². The summed E-state index contributed by atoms with van der Waals surface area (Å²) in [6.45, 7) is 8.92. The first-order valence-corrected chi connectivity index (χ1v) is 10.6. The second-order valence-corrected chi connectivity index (χ2v) is 7.13. The third kappa shape index (κ3) is 8.10. The van der Waals surface area contributed by atoms with Gasteiger partial charge in [0.25, 0.3) is 0 Å². The second kappa shape index (κ2) is 12.7. The van der Waals surface area contributed by atoms with Crippen molar-refractivity contribution in [1.29, 1.82) is 0 Å². The summed E-state index contributed by atoms with van der Waals surface area (Å²) in [4.78, 5) is 0. The standard InChI is InChI=1S/C20H36O2S/c1-5-9-11-13-17(7-3)21-19-15-23-16-20(19)22-18(8-4)14-12-10-6-2/h15-18H,5-14H2,1-4H3. The van der Waals surface area contributed by atoms with Crippen molar-refractivity contribution in [3.05, 3.63) is 10.8 Å². The lowest BCUT2D eigenvalue weighted by Crippen LogP contribution is -2.18. The molecule has 1 aromatic rings. The summed E-state index contributed by atoms with van der Waals surface area (Å²) < 4.78 is 12.5. The van der Waals surface area contributed by atoms with Gasteiger partial charge in [0, 0.05) is 10.8 Å². The third-order valence-corrected chi connectivity index (χ3v) is 5.05. The Morgan fingerprint density at radius 2 is 1.17 bits per heavy atom. The topological polar surface area (TPSA) is 18.5 Å². The average molecular weight is 341 g/mol. The molecule has 0 radical (unpaired) electrons. The van der Waals surface area contributed by atoms with E-state index in [2.05, 4.69) is 38.5 Å². The molecule has 3 heteroatoms. The van der Waals surface area contributed by atoms with E-state index in [1.54, 1.807) is 11.3 Å². The van der Waals surface area contributed by atoms with Crippen molar-refractivity contribution in [2.75, 3.05) is 0 Å². The Balaban J connectivity index is 2.52. The molecule has 0 aromatic carbocycles. The number of rotatable bonds is 14. The SMILES string of the molecule is CCCCCC(CC)Oc1cscc1OC(CC)CCCCC. The van der Waals surface area contributed by atoms with Crippen LogP contribution in [-0.4, -0.2) is 12.2 Å². The molecule has 0 fully saturated rings. The first kappa shape index (κ1) is 20.3. The predicted octanol–water partition coefficient (Wildman–Crippen LogP) is 7.22. The zero-order valence-electron chi connectivity index (χ0n) is 15.6. The van der Waals surface area contributed by atoms with E-state index in [-0.39, 0.29) is 0 Å². The van der Waals surface area contributed by atoms with Crippen molar-refractivity contribution < 1.29 is 9.47 Å². The van der Waals surface area contributed by atoms with Crippen molar-refractivity contribution in [1.82, 2.24) is 0 Å². The fraction of sp³-hybridized carbons (Fsp3) is 0.800. The number of thiophene rings is 1. The molecule has 2 unspecified atom stereocenters. The van der Waals surface area contributed by atoms with Gasteiger partial charge < -0.3 is 9.47 Å². The lowest BCUT2D eigenvalue weighted by molar-refractivity contribution is 0.148. The first-order valence-electron chi connectivity index (χ1n) is 9.64. The second-order valence-electron chi connectivity index (χ2n) is 6.39. The van der Waals surface area contributed by atoms with E-state index in [9.17, 15) is 0 Å². The van der Waals surface area contributed by atoms with Gasteiger partial charge in [0.05, 0.1) is 12.2 Å². The molecule has 0 aliphatic heterocycles. The molecule has 0 saturated heterocycles. The molecule has 2 atom stereocenters. The van der Waals surface area contributed by atoms with E-state index >= 15 is 0 Å². The van der Waals surface area contributed by atoms with Crippen molar-refractivity contribution in [3.63, 3.8) is 0 Å². The van der Waals surface area contributed by atoms with E-state index < -0.39 is 0 Å². The Labute approximate surface area is 147 Å². The van der Waals surface area contributed by atoms with Crippen LogP contribution in [0.1, 0.15) is 91.9 Å². The van der Waals surface area contributed by atoms with Gasteiger partial charge in [-0.15, -0.1) is 11.3 Å². The highest BCUT2D eigenvalue weighted by molar-refractivity contribution is 7.08. The Kier molecular flexibility index (Phi) is 11.2. The maximum atomic E-state index is 6.24. The molecule has 134 valence electrons. The van der Waals surface area contributed by atoms with Crippen LogP contribution in [0.15, 0.2) is 10.8 Å². The molecule has 0 bridgehead atoms. The van der Waals surface area contributed by atoms with Gasteiger partial charge in [-0.05, 0) is 38.5 Å². The van der Waals surface area contributed by atoms with Gasteiger partial charge in [0.15, 0.2) is 11.5 Å². The normalized spacial score (nSPS) is 13.7. The van der Waals surface area contributed by atoms with Crippen LogP contribution < -0.4 is 9.47 Å². The van der Waals surface area contributed by atoms with Gasteiger partial charge in [-0.2, -0.15) is 0 Å². The van der Waals surface area contributed by atoms with Crippen molar-refractivity contribution >= 4 is 11.3 Å². The molecule has 0 amide bonds. The lowest BCUT2D eigenvalue weighted by Gasteiger charge is -2.21. The molecule has 23 heavy (non-hydrogen) atoms. The quantitative estimate of drug-likeness (QED) is 0.333. The van der Waals surface area contributed by atoms with Crippen LogP contribution in [-0.2, 0) is 0 Å². The van der Waals surface area contributed by atoms with Gasteiger partial charge in [-0.25, -0.2) is 0 Å². The minimum absolute atomic E-state index is 0.318. The molecule has 0 saturated carbocycles. The molecule has 1 aromatic heterocycles. The zero-order valence-corrected chi connectivity index (χ0v) is 16.4. The molecular weight excluding hydrogens is 304 g/mol. The van der Waals surface area contributed by atoms with E-state index in [1.165, 1.54) is 38.5 Å². The smallest absolute Gasteiger partial charge is 0.172 e. The molecule has 0 aliphatic carbocycles. The lowest BCUT2D eigenvalue weighted by atomic mass is 10.1. The number of ether oxygens (including phenoxy) is 2. The zero-order chi connectivity index (χ0) is 16.9. The largest absolute Gasteiger partial charge is 0.486 e. The van der Waals surface area contributed by atoms with Gasteiger partial charge >= 0.3 is 0 Å². The Morgan fingerprint density at radius 3 is 1.52 bits per heavy atom. The highest BCUT2D eigenvalue weighted by Gasteiger charge is 2.16. The van der Waals surface area contributed by atoms with Crippen molar-refractivity contribution in [2.24, 2.45) is 0 Å². The maximum absolute atomic E-state index is 6.24. The molecule has 1 heterocycles. The summed E-state index contributed by atoms with van der Waals surface area (Å²) >= 11 is 1.68. The van der Waals surface area contributed by atoms with Gasteiger partial charge in [-0.1, -0.05) is 53.4 Å². The fourth-order valence-electron chi connectivity index (χ4n) is 2.74. The number of hydrogen-bond donors (Lipinski definition) is 0. The van der Waals surface area contributed by atoms with Crippen LogP contribution in [0.4, 0.5) is 0 Å². The molecule has 0 spiro atoms. The van der Waals surface area contributed by atoms with E-state index in [0.717, 1.165) is 37.2 Å². The third-order valence-electron chi connectivity index (χ3n) is 4.35. The average Bonchev–Trinajstić information content (AvgIpc) is 3.00. The minimum Gasteiger partial charge on any atom is -0.486 e. The Morgan fingerprint density at radius 1 is 0.739 bits per heavy atom. The molecule has 1 rings (SSSR count). The van der Waals surface area contributed by atoms with Crippen LogP contribution in [0.2, 0.25) is 0 Å². The summed E-state index contributed by atoms with van der Waals surface area (Å²) in [7, 11) is 0. The number of unbranched alkanes of at least 4 members (excludes halogenated alkanes) is 4. The summed E-state index contributed by atoms with van der Waals surface area (Å²) in [6, 6.07) is 0. The molecule has 0 N–H and O–H groups in total.